The van der Waals surface area contributed by atoms with Gasteiger partial charge in [-0.1, -0.05) is 60.7 Å². The van der Waals surface area contributed by atoms with Crippen LogP contribution >= 0.6 is 0 Å². The molecule has 0 atom stereocenters. The second-order valence-corrected chi connectivity index (χ2v) is 8.79. The minimum Gasteiger partial charge on any atom is -0.383 e. The highest BCUT2D eigenvalue weighted by Gasteiger charge is 2.27. The standard InChI is InChI=1S/C30H26F3N3O/c1-35(2)20-24(23-15-16-34-27(32)17-23)30(37)28-25(31)13-14-26(29(28)33)36(18-21-9-5-3-6-10-21)19-22-11-7-4-8-12-22/h3-17,20H,18-19H2,1-2H3. The van der Waals surface area contributed by atoms with E-state index >= 15 is 8.78 Å². The van der Waals surface area contributed by atoms with Crippen molar-refractivity contribution in [3.05, 3.63) is 137 Å². The van der Waals surface area contributed by atoms with Crippen LogP contribution in [0.25, 0.3) is 5.57 Å². The quantitative estimate of drug-likeness (QED) is 0.149. The number of carbonyl (C=O) groups is 1. The number of anilines is 1. The van der Waals surface area contributed by atoms with Crippen LogP contribution in [0.1, 0.15) is 27.0 Å². The smallest absolute Gasteiger partial charge is 0.213 e. The molecule has 0 spiro atoms. The lowest BCUT2D eigenvalue weighted by atomic mass is 9.96. The Morgan fingerprint density at radius 3 is 1.97 bits per heavy atom. The largest absolute Gasteiger partial charge is 0.383 e. The molecule has 37 heavy (non-hydrogen) atoms. The fourth-order valence-corrected chi connectivity index (χ4v) is 4.05. The van der Waals surface area contributed by atoms with Gasteiger partial charge in [-0.05, 0) is 34.9 Å². The molecule has 0 unspecified atom stereocenters. The van der Waals surface area contributed by atoms with Crippen molar-refractivity contribution in [3.8, 4) is 0 Å². The summed E-state index contributed by atoms with van der Waals surface area (Å²) in [6.07, 6.45) is 2.61. The summed E-state index contributed by atoms with van der Waals surface area (Å²) in [5.41, 5.74) is 1.35. The summed E-state index contributed by atoms with van der Waals surface area (Å²) in [6.45, 7) is 0.670. The molecule has 0 fully saturated rings. The maximum absolute atomic E-state index is 16.1. The second-order valence-electron chi connectivity index (χ2n) is 8.79. The van der Waals surface area contributed by atoms with Crippen molar-refractivity contribution in [3.63, 3.8) is 0 Å². The zero-order valence-electron chi connectivity index (χ0n) is 20.5. The van der Waals surface area contributed by atoms with Crippen LogP contribution in [-0.2, 0) is 13.1 Å². The molecule has 7 heteroatoms. The number of halogens is 3. The number of Topliss-reactive ketones (excluding diaryl/α,β-unsaturated/α-hetero) is 1. The van der Waals surface area contributed by atoms with Crippen LogP contribution < -0.4 is 4.90 Å². The number of hydrogen-bond acceptors (Lipinski definition) is 4. The molecule has 0 saturated carbocycles. The van der Waals surface area contributed by atoms with E-state index in [1.54, 1.807) is 23.9 Å². The summed E-state index contributed by atoms with van der Waals surface area (Å²) in [7, 11) is 3.32. The molecule has 0 aliphatic rings. The minimum atomic E-state index is -0.996. The average molecular weight is 502 g/mol. The first-order chi connectivity index (χ1) is 17.8. The van der Waals surface area contributed by atoms with Crippen LogP contribution in [0.5, 0.6) is 0 Å². The van der Waals surface area contributed by atoms with E-state index in [9.17, 15) is 9.18 Å². The predicted octanol–water partition coefficient (Wildman–Crippen LogP) is 6.49. The Morgan fingerprint density at radius 2 is 1.43 bits per heavy atom. The van der Waals surface area contributed by atoms with E-state index in [-0.39, 0.29) is 16.8 Å². The van der Waals surface area contributed by atoms with Crippen LogP contribution in [0.3, 0.4) is 0 Å². The first kappa shape index (κ1) is 25.7. The van der Waals surface area contributed by atoms with E-state index in [1.165, 1.54) is 24.5 Å². The summed E-state index contributed by atoms with van der Waals surface area (Å²) in [5.74, 6) is -3.67. The molecule has 0 radical (unpaired) electrons. The predicted molar refractivity (Wildman–Crippen MR) is 139 cm³/mol. The van der Waals surface area contributed by atoms with Gasteiger partial charge in [-0.2, -0.15) is 4.39 Å². The van der Waals surface area contributed by atoms with Gasteiger partial charge in [0.25, 0.3) is 0 Å². The van der Waals surface area contributed by atoms with Crippen LogP contribution in [0.4, 0.5) is 18.9 Å². The fourth-order valence-electron chi connectivity index (χ4n) is 4.05. The summed E-state index contributed by atoms with van der Waals surface area (Å²) in [5, 5.41) is 0. The van der Waals surface area contributed by atoms with Crippen molar-refractivity contribution < 1.29 is 18.0 Å². The Kier molecular flexibility index (Phi) is 8.03. The van der Waals surface area contributed by atoms with Gasteiger partial charge in [-0.15, -0.1) is 0 Å². The van der Waals surface area contributed by atoms with Crippen molar-refractivity contribution in [1.29, 1.82) is 0 Å². The summed E-state index contributed by atoms with van der Waals surface area (Å²) >= 11 is 0. The molecule has 3 aromatic carbocycles. The van der Waals surface area contributed by atoms with E-state index in [1.807, 2.05) is 60.7 Å². The maximum atomic E-state index is 16.1. The number of nitrogens with zero attached hydrogens (tertiary/aromatic N) is 3. The number of allylic oxidation sites excluding steroid dienone is 1. The van der Waals surface area contributed by atoms with Gasteiger partial charge in [0, 0.05) is 51.2 Å². The number of hydrogen-bond donors (Lipinski definition) is 0. The van der Waals surface area contributed by atoms with Crippen molar-refractivity contribution in [2.24, 2.45) is 0 Å². The number of aromatic nitrogens is 1. The SMILES string of the molecule is CN(C)C=C(C(=O)c1c(F)ccc(N(Cc2ccccc2)Cc2ccccc2)c1F)c1ccnc(F)c1. The fraction of sp³-hybridized carbons (Fsp3) is 0.133. The van der Waals surface area contributed by atoms with E-state index in [0.29, 0.717) is 13.1 Å². The molecule has 188 valence electrons. The van der Waals surface area contributed by atoms with Gasteiger partial charge < -0.3 is 9.80 Å². The van der Waals surface area contributed by atoms with E-state index in [4.69, 9.17) is 0 Å². The summed E-state index contributed by atoms with van der Waals surface area (Å²) in [6, 6.07) is 23.9. The first-order valence-electron chi connectivity index (χ1n) is 11.7. The highest BCUT2D eigenvalue weighted by molar-refractivity contribution is 6.29. The topological polar surface area (TPSA) is 36.4 Å². The lowest BCUT2D eigenvalue weighted by Crippen LogP contribution is -2.24. The molecule has 4 nitrogen and oxygen atoms in total. The van der Waals surface area contributed by atoms with Gasteiger partial charge in [-0.25, -0.2) is 13.8 Å². The Bertz CT molecular complexity index is 1370. The highest BCUT2D eigenvalue weighted by atomic mass is 19.1. The number of ketones is 1. The lowest BCUT2D eigenvalue weighted by molar-refractivity contribution is 0.104. The molecular formula is C30H26F3N3O. The van der Waals surface area contributed by atoms with Crippen LogP contribution in [-0.4, -0.2) is 29.8 Å². The first-order valence-corrected chi connectivity index (χ1v) is 11.7. The van der Waals surface area contributed by atoms with Gasteiger partial charge in [-0.3, -0.25) is 4.79 Å². The third-order valence-electron chi connectivity index (χ3n) is 5.74. The molecule has 1 heterocycles. The molecule has 1 aromatic heterocycles. The van der Waals surface area contributed by atoms with E-state index in [2.05, 4.69) is 4.98 Å². The third-order valence-corrected chi connectivity index (χ3v) is 5.74. The molecular weight excluding hydrogens is 475 g/mol. The van der Waals surface area contributed by atoms with Crippen LogP contribution in [0.15, 0.2) is 97.3 Å². The van der Waals surface area contributed by atoms with Crippen LogP contribution in [0.2, 0.25) is 0 Å². The maximum Gasteiger partial charge on any atom is 0.213 e. The number of carbonyl (C=O) groups excluding carboxylic acids is 1. The number of rotatable bonds is 9. The molecule has 0 amide bonds. The molecule has 0 aliphatic heterocycles. The van der Waals surface area contributed by atoms with Crippen molar-refractivity contribution >= 4 is 17.0 Å². The molecule has 0 N–H and O–H groups in total. The zero-order valence-corrected chi connectivity index (χ0v) is 20.5. The van der Waals surface area contributed by atoms with E-state index < -0.39 is 28.9 Å². The Morgan fingerprint density at radius 1 is 0.838 bits per heavy atom. The molecule has 0 bridgehead atoms. The van der Waals surface area contributed by atoms with Gasteiger partial charge >= 0.3 is 0 Å². The van der Waals surface area contributed by atoms with Gasteiger partial charge in [0.05, 0.1) is 11.3 Å². The van der Waals surface area contributed by atoms with E-state index in [0.717, 1.165) is 23.3 Å². The zero-order chi connectivity index (χ0) is 26.4. The van der Waals surface area contributed by atoms with Crippen molar-refractivity contribution in [2.45, 2.75) is 13.1 Å². The Hall–Kier alpha value is -4.39. The Balaban J connectivity index is 1.80. The van der Waals surface area contributed by atoms with Crippen LogP contribution in [0, 0.1) is 17.6 Å². The average Bonchev–Trinajstić information content (AvgIpc) is 2.88. The van der Waals surface area contributed by atoms with Gasteiger partial charge in [0.1, 0.15) is 5.82 Å². The monoisotopic (exact) mass is 501 g/mol. The second kappa shape index (κ2) is 11.6. The Labute approximate surface area is 214 Å². The van der Waals surface area contributed by atoms with Gasteiger partial charge in [0.15, 0.2) is 5.82 Å². The van der Waals surface area contributed by atoms with Crippen molar-refractivity contribution in [1.82, 2.24) is 9.88 Å². The highest BCUT2D eigenvalue weighted by Crippen LogP contribution is 2.31. The lowest BCUT2D eigenvalue weighted by Gasteiger charge is -2.26. The molecule has 4 rings (SSSR count). The molecule has 4 aromatic rings. The molecule has 0 aliphatic carbocycles. The molecule has 0 saturated heterocycles. The normalized spacial score (nSPS) is 11.3. The number of pyridine rings is 1. The number of benzene rings is 3. The van der Waals surface area contributed by atoms with Crippen molar-refractivity contribution in [2.75, 3.05) is 19.0 Å². The summed E-state index contributed by atoms with van der Waals surface area (Å²) in [4.78, 5) is 20.4. The third kappa shape index (κ3) is 6.25. The van der Waals surface area contributed by atoms with Gasteiger partial charge in [0.2, 0.25) is 11.7 Å². The minimum absolute atomic E-state index is 0.0566. The summed E-state index contributed by atoms with van der Waals surface area (Å²) < 4.78 is 45.0.